The van der Waals surface area contributed by atoms with Crippen molar-refractivity contribution in [1.29, 1.82) is 0 Å². The summed E-state index contributed by atoms with van der Waals surface area (Å²) in [7, 11) is -4.48. The molecule has 35 heavy (non-hydrogen) atoms. The van der Waals surface area contributed by atoms with Crippen molar-refractivity contribution >= 4 is 43.3 Å². The first-order chi connectivity index (χ1) is 16.3. The van der Waals surface area contributed by atoms with Crippen molar-refractivity contribution in [1.82, 2.24) is 0 Å². The molecule has 0 saturated carbocycles. The average Bonchev–Trinajstić information content (AvgIpc) is 2.82. The Morgan fingerprint density at radius 1 is 0.714 bits per heavy atom. The number of unbranched alkanes of at least 4 members (excludes halogenated alkanes) is 14. The number of aliphatic hydroxyl groups is 3. The molecule has 0 bridgehead atoms. The van der Waals surface area contributed by atoms with Crippen LogP contribution in [0.2, 0.25) is 0 Å². The number of phosphoric acid groups is 1. The summed E-state index contributed by atoms with van der Waals surface area (Å²) in [6, 6.07) is 0. The molecule has 1 radical (unpaired) electrons. The van der Waals surface area contributed by atoms with Gasteiger partial charge in [0.15, 0.2) is 0 Å². The summed E-state index contributed by atoms with van der Waals surface area (Å²) in [4.78, 5) is 21.1. The molecule has 0 heterocycles. The second-order valence-corrected chi connectivity index (χ2v) is 10.4. The molecule has 0 aliphatic rings. The van der Waals surface area contributed by atoms with Crippen LogP contribution in [-0.2, 0) is 23.1 Å². The number of carbonyl (C=O) groups excluding carboxylic acids is 1. The Labute approximate surface area is 234 Å². The van der Waals surface area contributed by atoms with E-state index in [-0.39, 0.29) is 42.6 Å². The third kappa shape index (κ3) is 27.3. The summed E-state index contributed by atoms with van der Waals surface area (Å²) in [5.74, 6) is -0.428. The summed E-state index contributed by atoms with van der Waals surface area (Å²) < 4.78 is 25.5. The molecule has 0 spiro atoms. The maximum absolute atomic E-state index is 11.7. The summed E-state index contributed by atoms with van der Waals surface area (Å²) in [5.41, 5.74) is 0. The zero-order valence-corrected chi connectivity index (χ0v) is 25.0. The third-order valence-electron chi connectivity index (χ3n) is 5.49. The Hall–Kier alpha value is 0.460. The molecule has 0 aromatic heterocycles. The minimum absolute atomic E-state index is 0. The van der Waals surface area contributed by atoms with Crippen molar-refractivity contribution in [2.75, 3.05) is 26.4 Å². The van der Waals surface area contributed by atoms with Gasteiger partial charge in [-0.2, -0.15) is 0 Å². The molecule has 0 amide bonds. The van der Waals surface area contributed by atoms with Crippen molar-refractivity contribution in [2.24, 2.45) is 0 Å². The fourth-order valence-electron chi connectivity index (χ4n) is 3.40. The van der Waals surface area contributed by atoms with Gasteiger partial charge in [-0.05, 0) is 6.42 Å². The fourth-order valence-corrected chi connectivity index (χ4v) is 4.20. The maximum atomic E-state index is 11.7. The Balaban J connectivity index is 0. The van der Waals surface area contributed by atoms with Gasteiger partial charge in [-0.15, -0.1) is 0 Å². The standard InChI is InChI=1S/C24H49O9P.Na/c1-2-3-4-5-6-7-8-9-10-11-12-13-14-15-16-17-24(28)31-19-23(27)21-33-34(29,30)32-20-22(26)18-25;/h22-23,25-27H,2-21H2,1H3,(H,29,30);. The van der Waals surface area contributed by atoms with Crippen LogP contribution in [0.3, 0.4) is 0 Å². The van der Waals surface area contributed by atoms with E-state index in [9.17, 15) is 19.4 Å². The van der Waals surface area contributed by atoms with Crippen LogP contribution in [0.1, 0.15) is 110 Å². The van der Waals surface area contributed by atoms with Crippen LogP contribution in [-0.4, -0.2) is 94.4 Å². The van der Waals surface area contributed by atoms with E-state index in [4.69, 9.17) is 14.9 Å². The zero-order valence-electron chi connectivity index (χ0n) is 22.1. The van der Waals surface area contributed by atoms with Crippen molar-refractivity contribution in [2.45, 2.75) is 122 Å². The predicted molar refractivity (Wildman–Crippen MR) is 137 cm³/mol. The first kappa shape index (κ1) is 37.6. The summed E-state index contributed by atoms with van der Waals surface area (Å²) >= 11 is 0. The molecule has 3 unspecified atom stereocenters. The van der Waals surface area contributed by atoms with Gasteiger partial charge >= 0.3 is 13.8 Å². The molecule has 0 aromatic carbocycles. The van der Waals surface area contributed by atoms with Crippen LogP contribution in [0.25, 0.3) is 0 Å². The number of hydrogen-bond donors (Lipinski definition) is 4. The SMILES string of the molecule is CCCCCCCCCCCCCCCCCC(=O)OCC(O)COP(=O)(O)OCC(O)CO.[Na]. The number of ether oxygens (including phenoxy) is 1. The van der Waals surface area contributed by atoms with E-state index in [0.717, 1.165) is 19.3 Å². The van der Waals surface area contributed by atoms with Gasteiger partial charge in [-0.1, -0.05) is 96.8 Å². The van der Waals surface area contributed by atoms with Gasteiger partial charge in [0.1, 0.15) is 18.8 Å². The number of aliphatic hydroxyl groups excluding tert-OH is 3. The van der Waals surface area contributed by atoms with E-state index in [0.29, 0.717) is 0 Å². The molecule has 11 heteroatoms. The molecule has 3 atom stereocenters. The number of hydrogen-bond acceptors (Lipinski definition) is 8. The van der Waals surface area contributed by atoms with Gasteiger partial charge in [0.2, 0.25) is 0 Å². The van der Waals surface area contributed by atoms with Crippen LogP contribution >= 0.6 is 7.82 Å². The normalized spacial score (nSPS) is 14.7. The molecule has 0 aromatic rings. The van der Waals surface area contributed by atoms with E-state index < -0.39 is 45.8 Å². The van der Waals surface area contributed by atoms with Gasteiger partial charge in [-0.25, -0.2) is 4.57 Å². The van der Waals surface area contributed by atoms with E-state index >= 15 is 0 Å². The maximum Gasteiger partial charge on any atom is 0.472 e. The smallest absolute Gasteiger partial charge is 0.463 e. The van der Waals surface area contributed by atoms with Crippen LogP contribution < -0.4 is 0 Å². The zero-order chi connectivity index (χ0) is 25.5. The number of phosphoric ester groups is 1. The second-order valence-electron chi connectivity index (χ2n) is 8.93. The molecule has 0 aliphatic carbocycles. The first-order valence-electron chi connectivity index (χ1n) is 13.0. The first-order valence-corrected chi connectivity index (χ1v) is 14.5. The number of esters is 1. The van der Waals surface area contributed by atoms with Crippen molar-refractivity contribution in [3.63, 3.8) is 0 Å². The minimum atomic E-state index is -4.48. The van der Waals surface area contributed by atoms with E-state index in [1.165, 1.54) is 77.0 Å². The molecule has 4 N–H and O–H groups in total. The van der Waals surface area contributed by atoms with Crippen LogP contribution in [0.4, 0.5) is 0 Å². The molecular weight excluding hydrogens is 486 g/mol. The Morgan fingerprint density at radius 3 is 1.54 bits per heavy atom. The van der Waals surface area contributed by atoms with Gasteiger partial charge in [-0.3, -0.25) is 13.8 Å². The number of carbonyl (C=O) groups is 1. The summed E-state index contributed by atoms with van der Waals surface area (Å²) in [6.45, 7) is 0.107. The topological polar surface area (TPSA) is 143 Å². The van der Waals surface area contributed by atoms with E-state index in [1.807, 2.05) is 0 Å². The Bertz CT molecular complexity index is 525. The van der Waals surface area contributed by atoms with Crippen LogP contribution in [0, 0.1) is 0 Å². The van der Waals surface area contributed by atoms with Gasteiger partial charge in [0.25, 0.3) is 0 Å². The molecule has 0 fully saturated rings. The van der Waals surface area contributed by atoms with Crippen LogP contribution in [0.15, 0.2) is 0 Å². The minimum Gasteiger partial charge on any atom is -0.463 e. The van der Waals surface area contributed by atoms with Gasteiger partial charge < -0.3 is 24.9 Å². The quantitative estimate of drug-likeness (QED) is 0.0584. The second kappa shape index (κ2) is 26.1. The molecule has 0 aliphatic heterocycles. The molecule has 0 rings (SSSR count). The summed E-state index contributed by atoms with van der Waals surface area (Å²) in [6.07, 6.45) is 16.4. The van der Waals surface area contributed by atoms with Crippen molar-refractivity contribution in [3.8, 4) is 0 Å². The van der Waals surface area contributed by atoms with Crippen LogP contribution in [0.5, 0.6) is 0 Å². The van der Waals surface area contributed by atoms with Gasteiger partial charge in [0.05, 0.1) is 19.8 Å². The summed E-state index contributed by atoms with van der Waals surface area (Å²) in [5, 5.41) is 27.4. The molecule has 205 valence electrons. The van der Waals surface area contributed by atoms with Gasteiger partial charge in [0, 0.05) is 36.0 Å². The van der Waals surface area contributed by atoms with E-state index in [1.54, 1.807) is 0 Å². The number of rotatable bonds is 25. The molecule has 0 saturated heterocycles. The third-order valence-corrected chi connectivity index (χ3v) is 6.44. The Morgan fingerprint density at radius 2 is 1.11 bits per heavy atom. The molecule has 9 nitrogen and oxygen atoms in total. The van der Waals surface area contributed by atoms with Crippen molar-refractivity contribution in [3.05, 3.63) is 0 Å². The molecular formula is C24H49NaO9P. The average molecular weight is 536 g/mol. The predicted octanol–water partition coefficient (Wildman–Crippen LogP) is 4.26. The monoisotopic (exact) mass is 535 g/mol. The Kier molecular flexibility index (Phi) is 28.0. The largest absolute Gasteiger partial charge is 0.472 e. The van der Waals surface area contributed by atoms with Crippen molar-refractivity contribution < 1.29 is 43.4 Å². The fraction of sp³-hybridized carbons (Fsp3) is 0.958. The van der Waals surface area contributed by atoms with E-state index in [2.05, 4.69) is 16.0 Å².